The molecule has 0 saturated heterocycles. The number of carbonyl (C=O) groups is 1. The van der Waals surface area contributed by atoms with Crippen LogP contribution in [0.3, 0.4) is 0 Å². The van der Waals surface area contributed by atoms with Gasteiger partial charge < -0.3 is 5.32 Å². The number of nitrogens with one attached hydrogen (secondary N) is 1. The summed E-state index contributed by atoms with van der Waals surface area (Å²) in [5.41, 5.74) is 2.62. The first-order valence-electron chi connectivity index (χ1n) is 7.53. The zero-order valence-electron chi connectivity index (χ0n) is 12.9. The van der Waals surface area contributed by atoms with E-state index < -0.39 is 0 Å². The number of halogens is 1. The van der Waals surface area contributed by atoms with Crippen molar-refractivity contribution in [1.29, 1.82) is 0 Å². The van der Waals surface area contributed by atoms with Crippen molar-refractivity contribution in [2.45, 2.75) is 6.42 Å². The lowest BCUT2D eigenvalue weighted by molar-refractivity contribution is -0.115. The molecule has 0 aliphatic rings. The van der Waals surface area contributed by atoms with E-state index in [1.807, 2.05) is 66.7 Å². The highest BCUT2D eigenvalue weighted by Crippen LogP contribution is 2.13. The van der Waals surface area contributed by atoms with Crippen molar-refractivity contribution in [2.24, 2.45) is 0 Å². The van der Waals surface area contributed by atoms with E-state index in [1.54, 1.807) is 17.1 Å². The normalized spacial score (nSPS) is 10.9. The Bertz CT molecular complexity index is 839. The molecule has 24 heavy (non-hydrogen) atoms. The zero-order valence-corrected chi connectivity index (χ0v) is 13.6. The lowest BCUT2D eigenvalue weighted by Crippen LogP contribution is -2.09. The minimum Gasteiger partial charge on any atom is -0.323 e. The molecule has 0 spiro atoms. The van der Waals surface area contributed by atoms with Crippen LogP contribution in [-0.2, 0) is 4.79 Å². The molecule has 5 heteroatoms. The molecule has 1 aromatic heterocycles. The summed E-state index contributed by atoms with van der Waals surface area (Å²) in [6.07, 6.45) is 7.42. The molecule has 0 unspecified atom stereocenters. The molecule has 0 aliphatic heterocycles. The maximum Gasteiger partial charge on any atom is 0.228 e. The lowest BCUT2D eigenvalue weighted by atomic mass is 10.2. The quantitative estimate of drug-likeness (QED) is 0.741. The van der Waals surface area contributed by atoms with Crippen molar-refractivity contribution in [3.63, 3.8) is 0 Å². The van der Waals surface area contributed by atoms with Gasteiger partial charge in [0.1, 0.15) is 0 Å². The van der Waals surface area contributed by atoms with Crippen LogP contribution in [0.4, 0.5) is 5.69 Å². The maximum atomic E-state index is 12.0. The molecular formula is C19H16ClN3O. The predicted molar refractivity (Wildman–Crippen MR) is 97.3 cm³/mol. The summed E-state index contributed by atoms with van der Waals surface area (Å²) in [4.78, 5) is 12.0. The van der Waals surface area contributed by atoms with Gasteiger partial charge in [0.15, 0.2) is 0 Å². The van der Waals surface area contributed by atoms with Gasteiger partial charge in [0.25, 0.3) is 0 Å². The fourth-order valence-electron chi connectivity index (χ4n) is 2.20. The fraction of sp³-hybridized carbons (Fsp3) is 0.0526. The molecule has 0 radical (unpaired) electrons. The van der Waals surface area contributed by atoms with Gasteiger partial charge >= 0.3 is 0 Å². The van der Waals surface area contributed by atoms with Gasteiger partial charge in [-0.2, -0.15) is 5.10 Å². The Balaban J connectivity index is 1.55. The first-order valence-corrected chi connectivity index (χ1v) is 7.90. The van der Waals surface area contributed by atoms with E-state index in [4.69, 9.17) is 11.6 Å². The van der Waals surface area contributed by atoms with Crippen molar-refractivity contribution in [3.05, 3.63) is 83.7 Å². The minimum absolute atomic E-state index is 0.0900. The molecule has 120 valence electrons. The van der Waals surface area contributed by atoms with E-state index in [-0.39, 0.29) is 5.91 Å². The molecular weight excluding hydrogens is 322 g/mol. The Kier molecular flexibility index (Phi) is 5.08. The molecule has 1 amide bonds. The number of para-hydroxylation sites is 1. The van der Waals surface area contributed by atoms with Crippen LogP contribution < -0.4 is 5.32 Å². The number of hydrogen-bond donors (Lipinski definition) is 1. The summed E-state index contributed by atoms with van der Waals surface area (Å²) in [6.45, 7) is 0. The van der Waals surface area contributed by atoms with Gasteiger partial charge in [-0.1, -0.05) is 54.1 Å². The van der Waals surface area contributed by atoms with Crippen LogP contribution in [0.25, 0.3) is 11.8 Å². The second-order valence-electron chi connectivity index (χ2n) is 5.22. The van der Waals surface area contributed by atoms with E-state index in [0.29, 0.717) is 17.1 Å². The number of hydrogen-bond acceptors (Lipinski definition) is 2. The first-order chi connectivity index (χ1) is 11.7. The summed E-state index contributed by atoms with van der Waals surface area (Å²) < 4.78 is 1.72. The Morgan fingerprint density at radius 3 is 2.62 bits per heavy atom. The van der Waals surface area contributed by atoms with Gasteiger partial charge in [-0.3, -0.25) is 4.79 Å². The largest absolute Gasteiger partial charge is 0.323 e. The number of carbonyl (C=O) groups excluding carboxylic acids is 1. The van der Waals surface area contributed by atoms with Crippen molar-refractivity contribution < 1.29 is 4.79 Å². The minimum atomic E-state index is -0.0900. The number of amides is 1. The third kappa shape index (κ3) is 4.33. The highest BCUT2D eigenvalue weighted by Gasteiger charge is 2.04. The molecule has 1 N–H and O–H groups in total. The van der Waals surface area contributed by atoms with Crippen molar-refractivity contribution >= 4 is 29.3 Å². The van der Waals surface area contributed by atoms with Crippen molar-refractivity contribution in [2.75, 3.05) is 5.32 Å². The topological polar surface area (TPSA) is 46.9 Å². The number of nitrogens with zero attached hydrogens (tertiary/aromatic N) is 2. The number of benzene rings is 2. The Labute approximate surface area is 145 Å². The van der Waals surface area contributed by atoms with Gasteiger partial charge in [-0.05, 0) is 29.8 Å². The molecule has 0 saturated carbocycles. The van der Waals surface area contributed by atoms with Crippen LogP contribution in [0, 0.1) is 0 Å². The van der Waals surface area contributed by atoms with Crippen LogP contribution in [0.2, 0.25) is 5.02 Å². The molecule has 3 aromatic rings. The molecule has 0 atom stereocenters. The SMILES string of the molecule is O=C(CC=Cc1ccc(Cl)cc1)Nc1cnn(-c2ccccc2)c1. The average Bonchev–Trinajstić information content (AvgIpc) is 3.06. The summed E-state index contributed by atoms with van der Waals surface area (Å²) in [5, 5.41) is 7.77. The predicted octanol–water partition coefficient (Wildman–Crippen LogP) is 4.57. The van der Waals surface area contributed by atoms with Gasteiger partial charge in [0.05, 0.1) is 23.8 Å². The second kappa shape index (κ2) is 7.62. The molecule has 0 aliphatic carbocycles. The fourth-order valence-corrected chi connectivity index (χ4v) is 2.32. The van der Waals surface area contributed by atoms with Crippen LogP contribution in [0.5, 0.6) is 0 Å². The van der Waals surface area contributed by atoms with E-state index >= 15 is 0 Å². The van der Waals surface area contributed by atoms with Crippen LogP contribution in [-0.4, -0.2) is 15.7 Å². The second-order valence-corrected chi connectivity index (χ2v) is 5.65. The van der Waals surface area contributed by atoms with Crippen LogP contribution >= 0.6 is 11.6 Å². The first kappa shape index (κ1) is 16.0. The van der Waals surface area contributed by atoms with E-state index in [9.17, 15) is 4.79 Å². The summed E-state index contributed by atoms with van der Waals surface area (Å²) >= 11 is 5.84. The van der Waals surface area contributed by atoms with E-state index in [1.165, 1.54) is 0 Å². The summed E-state index contributed by atoms with van der Waals surface area (Å²) in [6, 6.07) is 17.2. The van der Waals surface area contributed by atoms with Gasteiger partial charge in [0, 0.05) is 11.4 Å². The van der Waals surface area contributed by atoms with Gasteiger partial charge in [-0.15, -0.1) is 0 Å². The monoisotopic (exact) mass is 337 g/mol. The van der Waals surface area contributed by atoms with Gasteiger partial charge in [-0.25, -0.2) is 4.68 Å². The standard InChI is InChI=1S/C19H16ClN3O/c20-16-11-9-15(10-12-16)5-4-8-19(24)22-17-13-21-23(14-17)18-6-2-1-3-7-18/h1-7,9-14H,8H2,(H,22,24). The molecule has 4 nitrogen and oxygen atoms in total. The molecule has 0 fully saturated rings. The Hall–Kier alpha value is -2.85. The summed E-state index contributed by atoms with van der Waals surface area (Å²) in [7, 11) is 0. The lowest BCUT2D eigenvalue weighted by Gasteiger charge is -2.00. The van der Waals surface area contributed by atoms with Crippen molar-refractivity contribution in [1.82, 2.24) is 9.78 Å². The smallest absolute Gasteiger partial charge is 0.228 e. The number of aromatic nitrogens is 2. The number of anilines is 1. The average molecular weight is 338 g/mol. The highest BCUT2D eigenvalue weighted by molar-refractivity contribution is 6.30. The van der Waals surface area contributed by atoms with Crippen LogP contribution in [0.15, 0.2) is 73.1 Å². The van der Waals surface area contributed by atoms with Gasteiger partial charge in [0.2, 0.25) is 5.91 Å². The third-order valence-corrected chi connectivity index (χ3v) is 3.62. The molecule has 3 rings (SSSR count). The highest BCUT2D eigenvalue weighted by atomic mass is 35.5. The van der Waals surface area contributed by atoms with Crippen LogP contribution in [0.1, 0.15) is 12.0 Å². The zero-order chi connectivity index (χ0) is 16.8. The van der Waals surface area contributed by atoms with Crippen molar-refractivity contribution in [3.8, 4) is 5.69 Å². The maximum absolute atomic E-state index is 12.0. The third-order valence-electron chi connectivity index (χ3n) is 3.37. The summed E-state index contributed by atoms with van der Waals surface area (Å²) in [5.74, 6) is -0.0900. The molecule has 1 heterocycles. The molecule has 0 bridgehead atoms. The molecule has 2 aromatic carbocycles. The van der Waals surface area contributed by atoms with E-state index in [0.717, 1.165) is 11.3 Å². The Morgan fingerprint density at radius 1 is 1.12 bits per heavy atom. The van der Waals surface area contributed by atoms with E-state index in [2.05, 4.69) is 10.4 Å². The number of rotatable bonds is 5. The Morgan fingerprint density at radius 2 is 1.88 bits per heavy atom.